The molecule has 0 saturated carbocycles. The lowest BCUT2D eigenvalue weighted by atomic mass is 9.99. The number of methoxy groups -OCH3 is 1. The molecular formula is C22H28N4O2. The van der Waals surface area contributed by atoms with Gasteiger partial charge in [-0.25, -0.2) is 9.97 Å². The maximum Gasteiger partial charge on any atom is 0.227 e. The average molecular weight is 380 g/mol. The molecular weight excluding hydrogens is 352 g/mol. The standard InChI is InChI=1S/C22H28N4O2/c1-25-11-9-19-17(15-25)14-23-22(24-19)20-8-3-4-10-26(20)21(27)13-16-6-5-7-18(12-16)28-2/h5-7,12,14,20H,3-4,8-11,13,15H2,1-2H3/t20-/m0/s1. The van der Waals surface area contributed by atoms with Gasteiger partial charge in [0.1, 0.15) is 5.75 Å². The summed E-state index contributed by atoms with van der Waals surface area (Å²) >= 11 is 0. The van der Waals surface area contributed by atoms with Crippen LogP contribution in [0.4, 0.5) is 0 Å². The highest BCUT2D eigenvalue weighted by molar-refractivity contribution is 5.79. The van der Waals surface area contributed by atoms with Gasteiger partial charge in [0.2, 0.25) is 5.91 Å². The Kier molecular flexibility index (Phi) is 5.57. The highest BCUT2D eigenvalue weighted by Gasteiger charge is 2.30. The number of carbonyl (C=O) groups is 1. The molecule has 2 aromatic rings. The number of aromatic nitrogens is 2. The average Bonchev–Trinajstić information content (AvgIpc) is 2.73. The van der Waals surface area contributed by atoms with Crippen LogP contribution in [0.25, 0.3) is 0 Å². The fraction of sp³-hybridized carbons (Fsp3) is 0.500. The number of benzene rings is 1. The zero-order chi connectivity index (χ0) is 19.5. The molecule has 0 aliphatic carbocycles. The quantitative estimate of drug-likeness (QED) is 0.816. The third-order valence-electron chi connectivity index (χ3n) is 5.75. The molecule has 0 bridgehead atoms. The van der Waals surface area contributed by atoms with E-state index in [0.717, 1.165) is 68.1 Å². The Morgan fingerprint density at radius 1 is 1.29 bits per heavy atom. The predicted molar refractivity (Wildman–Crippen MR) is 107 cm³/mol. The minimum absolute atomic E-state index is 0.0168. The van der Waals surface area contributed by atoms with Gasteiger partial charge in [-0.1, -0.05) is 12.1 Å². The molecule has 4 rings (SSSR count). The SMILES string of the molecule is COc1cccc(CC(=O)N2CCCC[C@H]2c2ncc3c(n2)CCN(C)C3)c1. The van der Waals surface area contributed by atoms with Gasteiger partial charge < -0.3 is 14.5 Å². The number of rotatable bonds is 4. The monoisotopic (exact) mass is 380 g/mol. The molecule has 3 heterocycles. The molecule has 148 valence electrons. The summed E-state index contributed by atoms with van der Waals surface area (Å²) in [5.41, 5.74) is 3.33. The molecule has 0 unspecified atom stereocenters. The van der Waals surface area contributed by atoms with E-state index in [1.54, 1.807) is 7.11 Å². The van der Waals surface area contributed by atoms with Crippen molar-refractivity contribution >= 4 is 5.91 Å². The van der Waals surface area contributed by atoms with Gasteiger partial charge in [0.25, 0.3) is 0 Å². The van der Waals surface area contributed by atoms with Crippen LogP contribution >= 0.6 is 0 Å². The molecule has 6 heteroatoms. The minimum Gasteiger partial charge on any atom is -0.497 e. The van der Waals surface area contributed by atoms with E-state index in [9.17, 15) is 4.79 Å². The van der Waals surface area contributed by atoms with E-state index >= 15 is 0 Å². The molecule has 1 fully saturated rings. The number of carbonyl (C=O) groups excluding carboxylic acids is 1. The van der Waals surface area contributed by atoms with Gasteiger partial charge in [0, 0.05) is 43.5 Å². The Hall–Kier alpha value is -2.47. The molecule has 0 spiro atoms. The summed E-state index contributed by atoms with van der Waals surface area (Å²) in [6, 6.07) is 7.72. The molecule has 0 radical (unpaired) electrons. The van der Waals surface area contributed by atoms with Crippen molar-refractivity contribution in [2.24, 2.45) is 0 Å². The molecule has 28 heavy (non-hydrogen) atoms. The maximum absolute atomic E-state index is 13.1. The van der Waals surface area contributed by atoms with Crippen molar-refractivity contribution in [1.82, 2.24) is 19.8 Å². The van der Waals surface area contributed by atoms with E-state index < -0.39 is 0 Å². The zero-order valence-electron chi connectivity index (χ0n) is 16.7. The molecule has 0 N–H and O–H groups in total. The number of nitrogens with zero attached hydrogens (tertiary/aromatic N) is 4. The second kappa shape index (κ2) is 8.27. The van der Waals surface area contributed by atoms with Crippen LogP contribution in [0.2, 0.25) is 0 Å². The summed E-state index contributed by atoms with van der Waals surface area (Å²) < 4.78 is 5.28. The van der Waals surface area contributed by atoms with Crippen LogP contribution < -0.4 is 4.74 Å². The smallest absolute Gasteiger partial charge is 0.227 e. The lowest BCUT2D eigenvalue weighted by Crippen LogP contribution is -2.40. The van der Waals surface area contributed by atoms with Crippen LogP contribution in [0.5, 0.6) is 5.75 Å². The summed E-state index contributed by atoms with van der Waals surface area (Å²) in [4.78, 5) is 26.9. The molecule has 2 aliphatic rings. The Bertz CT molecular complexity index is 854. The van der Waals surface area contributed by atoms with E-state index in [4.69, 9.17) is 9.72 Å². The Morgan fingerprint density at radius 2 is 2.18 bits per heavy atom. The van der Waals surface area contributed by atoms with Crippen LogP contribution in [0.3, 0.4) is 0 Å². The molecule has 1 saturated heterocycles. The fourth-order valence-corrected chi connectivity index (χ4v) is 4.19. The highest BCUT2D eigenvalue weighted by Crippen LogP contribution is 2.30. The van der Waals surface area contributed by atoms with Crippen LogP contribution in [-0.2, 0) is 24.2 Å². The van der Waals surface area contributed by atoms with Gasteiger partial charge in [-0.2, -0.15) is 0 Å². The first-order valence-electron chi connectivity index (χ1n) is 10.1. The third kappa shape index (κ3) is 4.02. The molecule has 1 aromatic carbocycles. The summed E-state index contributed by atoms with van der Waals surface area (Å²) in [6.45, 7) is 2.70. The maximum atomic E-state index is 13.1. The number of hydrogen-bond donors (Lipinski definition) is 0. The van der Waals surface area contributed by atoms with Crippen molar-refractivity contribution in [2.45, 2.75) is 44.7 Å². The van der Waals surface area contributed by atoms with E-state index in [1.165, 1.54) is 5.56 Å². The van der Waals surface area contributed by atoms with Crippen molar-refractivity contribution in [1.29, 1.82) is 0 Å². The van der Waals surface area contributed by atoms with Crippen LogP contribution in [0.15, 0.2) is 30.5 Å². The highest BCUT2D eigenvalue weighted by atomic mass is 16.5. The second-order valence-corrected chi connectivity index (χ2v) is 7.81. The van der Waals surface area contributed by atoms with E-state index in [1.807, 2.05) is 35.4 Å². The first-order chi connectivity index (χ1) is 13.6. The normalized spacial score (nSPS) is 19.9. The number of hydrogen-bond acceptors (Lipinski definition) is 5. The molecule has 1 atom stereocenters. The third-order valence-corrected chi connectivity index (χ3v) is 5.75. The van der Waals surface area contributed by atoms with Gasteiger partial charge >= 0.3 is 0 Å². The molecule has 2 aliphatic heterocycles. The molecule has 1 amide bonds. The largest absolute Gasteiger partial charge is 0.497 e. The lowest BCUT2D eigenvalue weighted by Gasteiger charge is -2.35. The van der Waals surface area contributed by atoms with Crippen LogP contribution in [-0.4, -0.2) is 52.9 Å². The van der Waals surface area contributed by atoms with Crippen molar-refractivity contribution in [2.75, 3.05) is 27.2 Å². The van der Waals surface area contributed by atoms with Crippen LogP contribution in [0, 0.1) is 0 Å². The molecule has 1 aromatic heterocycles. The van der Waals surface area contributed by atoms with Crippen molar-refractivity contribution in [3.05, 3.63) is 53.1 Å². The second-order valence-electron chi connectivity index (χ2n) is 7.81. The van der Waals surface area contributed by atoms with Gasteiger partial charge in [-0.3, -0.25) is 4.79 Å². The first kappa shape index (κ1) is 18.9. The molecule has 6 nitrogen and oxygen atoms in total. The fourth-order valence-electron chi connectivity index (χ4n) is 4.19. The summed E-state index contributed by atoms with van der Waals surface area (Å²) in [5, 5.41) is 0. The zero-order valence-corrected chi connectivity index (χ0v) is 16.7. The Morgan fingerprint density at radius 3 is 3.04 bits per heavy atom. The number of piperidine rings is 1. The van der Waals surface area contributed by atoms with E-state index in [2.05, 4.69) is 16.9 Å². The number of likely N-dealkylation sites (tertiary alicyclic amines) is 1. The van der Waals surface area contributed by atoms with Gasteiger partial charge in [-0.15, -0.1) is 0 Å². The van der Waals surface area contributed by atoms with Crippen LogP contribution in [0.1, 0.15) is 47.9 Å². The van der Waals surface area contributed by atoms with Crippen molar-refractivity contribution in [3.63, 3.8) is 0 Å². The lowest BCUT2D eigenvalue weighted by molar-refractivity contribution is -0.134. The van der Waals surface area contributed by atoms with Gasteiger partial charge in [0.05, 0.1) is 19.6 Å². The van der Waals surface area contributed by atoms with Gasteiger partial charge in [-0.05, 0) is 44.0 Å². The minimum atomic E-state index is -0.0168. The van der Waals surface area contributed by atoms with Gasteiger partial charge in [0.15, 0.2) is 5.82 Å². The van der Waals surface area contributed by atoms with E-state index in [-0.39, 0.29) is 11.9 Å². The van der Waals surface area contributed by atoms with Crippen molar-refractivity contribution < 1.29 is 9.53 Å². The number of likely N-dealkylation sites (N-methyl/N-ethyl adjacent to an activating group) is 1. The van der Waals surface area contributed by atoms with Crippen molar-refractivity contribution in [3.8, 4) is 5.75 Å². The Balaban J connectivity index is 1.53. The Labute approximate surface area is 166 Å². The van der Waals surface area contributed by atoms with E-state index in [0.29, 0.717) is 6.42 Å². The summed E-state index contributed by atoms with van der Waals surface area (Å²) in [5.74, 6) is 1.73. The number of ether oxygens (including phenoxy) is 1. The predicted octanol–water partition coefficient (Wildman–Crippen LogP) is 2.77. The number of amides is 1. The number of fused-ring (bicyclic) bond motifs is 1. The summed E-state index contributed by atoms with van der Waals surface area (Å²) in [6.07, 6.45) is 6.37. The first-order valence-corrected chi connectivity index (χ1v) is 10.1. The topological polar surface area (TPSA) is 58.6 Å². The summed E-state index contributed by atoms with van der Waals surface area (Å²) in [7, 11) is 3.77.